The Labute approximate surface area is 158 Å². The van der Waals surface area contributed by atoms with Crippen LogP contribution in [-0.4, -0.2) is 29.3 Å². The third-order valence-electron chi connectivity index (χ3n) is 3.20. The molecule has 0 radical (unpaired) electrons. The van der Waals surface area contributed by atoms with Crippen molar-refractivity contribution in [2.45, 2.75) is 6.92 Å². The van der Waals surface area contributed by atoms with Gasteiger partial charge in [-0.05, 0) is 36.4 Å². The van der Waals surface area contributed by atoms with Crippen LogP contribution in [0.2, 0.25) is 5.02 Å². The first-order valence-electron chi connectivity index (χ1n) is 7.55. The smallest absolute Gasteiger partial charge is 0.338 e. The summed E-state index contributed by atoms with van der Waals surface area (Å²) in [6.45, 7) is 0.794. The number of hydrogen-bond donors (Lipinski definition) is 2. The van der Waals surface area contributed by atoms with Crippen LogP contribution in [0.5, 0.6) is 0 Å². The van der Waals surface area contributed by atoms with Gasteiger partial charge in [0.15, 0.2) is 6.61 Å². The average Bonchev–Trinajstić information content (AvgIpc) is 2.61. The molecule has 0 saturated heterocycles. The molecule has 2 aromatic carbocycles. The third kappa shape index (κ3) is 5.79. The van der Waals surface area contributed by atoms with Gasteiger partial charge in [-0.25, -0.2) is 4.79 Å². The Balaban J connectivity index is 1.91. The van der Waals surface area contributed by atoms with Crippen LogP contribution in [0.4, 0.5) is 17.1 Å². The number of nitrogens with zero attached hydrogens (tertiary/aromatic N) is 1. The Morgan fingerprint density at radius 3 is 2.22 bits per heavy atom. The molecular weight excluding hydrogens is 378 g/mol. The number of ether oxygens (including phenoxy) is 1. The van der Waals surface area contributed by atoms with Crippen LogP contribution >= 0.6 is 11.6 Å². The number of nitro benzene ring substituents is 1. The number of halogens is 1. The maximum Gasteiger partial charge on any atom is 0.338 e. The van der Waals surface area contributed by atoms with E-state index in [0.29, 0.717) is 11.4 Å². The summed E-state index contributed by atoms with van der Waals surface area (Å²) in [4.78, 5) is 44.8. The van der Waals surface area contributed by atoms with Gasteiger partial charge in [-0.1, -0.05) is 11.6 Å². The Bertz CT molecular complexity index is 898. The van der Waals surface area contributed by atoms with Gasteiger partial charge in [0.05, 0.1) is 10.5 Å². The van der Waals surface area contributed by atoms with E-state index in [2.05, 4.69) is 10.6 Å². The summed E-state index contributed by atoms with van der Waals surface area (Å²) in [5.41, 5.74) is 0.469. The van der Waals surface area contributed by atoms with Gasteiger partial charge < -0.3 is 15.4 Å². The van der Waals surface area contributed by atoms with Gasteiger partial charge in [0.2, 0.25) is 5.91 Å². The van der Waals surface area contributed by atoms with E-state index >= 15 is 0 Å². The SMILES string of the molecule is CC(=O)Nc1ccc(NC(=O)COC(=O)c2ccc(Cl)c([N+](=O)[O-])c2)cc1. The first-order chi connectivity index (χ1) is 12.8. The van der Waals surface area contributed by atoms with E-state index in [0.717, 1.165) is 6.07 Å². The van der Waals surface area contributed by atoms with Crippen molar-refractivity contribution in [2.75, 3.05) is 17.2 Å². The minimum Gasteiger partial charge on any atom is -0.452 e. The van der Waals surface area contributed by atoms with Crippen LogP contribution in [0.3, 0.4) is 0 Å². The molecule has 27 heavy (non-hydrogen) atoms. The van der Waals surface area contributed by atoms with E-state index in [-0.39, 0.29) is 16.5 Å². The number of carbonyl (C=O) groups is 3. The van der Waals surface area contributed by atoms with E-state index in [1.165, 1.54) is 19.1 Å². The lowest BCUT2D eigenvalue weighted by Crippen LogP contribution is -2.21. The molecule has 0 spiro atoms. The quantitative estimate of drug-likeness (QED) is 0.442. The van der Waals surface area contributed by atoms with E-state index in [4.69, 9.17) is 16.3 Å². The number of benzene rings is 2. The van der Waals surface area contributed by atoms with Crippen LogP contribution in [0.1, 0.15) is 17.3 Å². The first-order valence-corrected chi connectivity index (χ1v) is 7.92. The average molecular weight is 392 g/mol. The lowest BCUT2D eigenvalue weighted by atomic mass is 10.2. The van der Waals surface area contributed by atoms with E-state index in [1.54, 1.807) is 24.3 Å². The number of nitro groups is 1. The van der Waals surface area contributed by atoms with Gasteiger partial charge in [0.25, 0.3) is 11.6 Å². The van der Waals surface area contributed by atoms with Crippen LogP contribution < -0.4 is 10.6 Å². The zero-order valence-corrected chi connectivity index (χ0v) is 14.8. The Kier molecular flexibility index (Phi) is 6.45. The number of esters is 1. The fraction of sp³-hybridized carbons (Fsp3) is 0.118. The Morgan fingerprint density at radius 1 is 1.07 bits per heavy atom. The summed E-state index contributed by atoms with van der Waals surface area (Å²) < 4.78 is 4.84. The summed E-state index contributed by atoms with van der Waals surface area (Å²) in [6, 6.07) is 9.75. The third-order valence-corrected chi connectivity index (χ3v) is 3.52. The molecule has 0 unspecified atom stereocenters. The van der Waals surface area contributed by atoms with E-state index in [9.17, 15) is 24.5 Å². The number of amides is 2. The molecule has 0 atom stereocenters. The summed E-state index contributed by atoms with van der Waals surface area (Å²) in [7, 11) is 0. The topological polar surface area (TPSA) is 128 Å². The highest BCUT2D eigenvalue weighted by molar-refractivity contribution is 6.32. The van der Waals surface area contributed by atoms with Crippen LogP contribution in [-0.2, 0) is 14.3 Å². The molecule has 2 aromatic rings. The van der Waals surface area contributed by atoms with Crippen molar-refractivity contribution in [1.82, 2.24) is 0 Å². The molecule has 0 aliphatic heterocycles. The maximum atomic E-state index is 11.9. The molecule has 0 aromatic heterocycles. The number of anilines is 2. The second-order valence-corrected chi connectivity index (χ2v) is 5.71. The summed E-state index contributed by atoms with van der Waals surface area (Å²) in [6.07, 6.45) is 0. The number of nitrogens with one attached hydrogen (secondary N) is 2. The molecule has 10 heteroatoms. The molecule has 0 heterocycles. The van der Waals surface area contributed by atoms with Gasteiger partial charge in [0.1, 0.15) is 5.02 Å². The Morgan fingerprint density at radius 2 is 1.67 bits per heavy atom. The van der Waals surface area contributed by atoms with Gasteiger partial charge in [-0.2, -0.15) is 0 Å². The molecule has 0 aliphatic carbocycles. The lowest BCUT2D eigenvalue weighted by Gasteiger charge is -2.08. The molecule has 0 bridgehead atoms. The highest BCUT2D eigenvalue weighted by Crippen LogP contribution is 2.25. The van der Waals surface area contributed by atoms with E-state index in [1.807, 2.05) is 0 Å². The van der Waals surface area contributed by atoms with Crippen molar-refractivity contribution in [1.29, 1.82) is 0 Å². The minimum atomic E-state index is -0.897. The molecule has 2 rings (SSSR count). The van der Waals surface area contributed by atoms with Crippen LogP contribution in [0, 0.1) is 10.1 Å². The predicted molar refractivity (Wildman–Crippen MR) is 97.8 cm³/mol. The highest BCUT2D eigenvalue weighted by atomic mass is 35.5. The minimum absolute atomic E-state index is 0.0986. The molecule has 140 valence electrons. The van der Waals surface area contributed by atoms with Crippen LogP contribution in [0.15, 0.2) is 42.5 Å². The Hall–Kier alpha value is -3.46. The standard InChI is InChI=1S/C17H14ClN3O6/c1-10(22)19-12-3-5-13(6-4-12)20-16(23)9-27-17(24)11-2-7-14(18)15(8-11)21(25)26/h2-8H,9H2,1H3,(H,19,22)(H,20,23). The second-order valence-electron chi connectivity index (χ2n) is 5.31. The second kappa shape index (κ2) is 8.77. The summed E-state index contributed by atoms with van der Waals surface area (Å²) in [5.74, 6) is -1.72. The lowest BCUT2D eigenvalue weighted by molar-refractivity contribution is -0.384. The monoisotopic (exact) mass is 391 g/mol. The van der Waals surface area contributed by atoms with Crippen molar-refractivity contribution in [3.8, 4) is 0 Å². The molecule has 9 nitrogen and oxygen atoms in total. The number of hydrogen-bond acceptors (Lipinski definition) is 6. The maximum absolute atomic E-state index is 11.9. The molecule has 0 fully saturated rings. The summed E-state index contributed by atoms with van der Waals surface area (Å²) in [5, 5.41) is 15.8. The van der Waals surface area contributed by atoms with E-state index < -0.39 is 29.1 Å². The van der Waals surface area contributed by atoms with Crippen molar-refractivity contribution in [2.24, 2.45) is 0 Å². The van der Waals surface area contributed by atoms with Crippen LogP contribution in [0.25, 0.3) is 0 Å². The van der Waals surface area contributed by atoms with Gasteiger partial charge in [-0.3, -0.25) is 19.7 Å². The normalized spacial score (nSPS) is 10.0. The first kappa shape index (κ1) is 19.9. The summed E-state index contributed by atoms with van der Waals surface area (Å²) >= 11 is 5.67. The fourth-order valence-corrected chi connectivity index (χ4v) is 2.22. The zero-order valence-electron chi connectivity index (χ0n) is 14.0. The molecule has 2 amide bonds. The van der Waals surface area contributed by atoms with Crippen molar-refractivity contribution in [3.63, 3.8) is 0 Å². The number of carbonyl (C=O) groups excluding carboxylic acids is 3. The molecule has 0 aliphatic rings. The molecule has 2 N–H and O–H groups in total. The van der Waals surface area contributed by atoms with Gasteiger partial charge in [-0.15, -0.1) is 0 Å². The highest BCUT2D eigenvalue weighted by Gasteiger charge is 2.18. The molecule has 0 saturated carbocycles. The number of rotatable bonds is 6. The van der Waals surface area contributed by atoms with Crippen molar-refractivity contribution in [3.05, 3.63) is 63.2 Å². The van der Waals surface area contributed by atoms with Crippen molar-refractivity contribution < 1.29 is 24.0 Å². The zero-order chi connectivity index (χ0) is 20.0. The van der Waals surface area contributed by atoms with Crippen molar-refractivity contribution >= 4 is 46.4 Å². The fourth-order valence-electron chi connectivity index (χ4n) is 2.03. The van der Waals surface area contributed by atoms with Gasteiger partial charge >= 0.3 is 5.97 Å². The van der Waals surface area contributed by atoms with Gasteiger partial charge in [0, 0.05) is 24.4 Å². The predicted octanol–water partition coefficient (Wildman–Crippen LogP) is 3.00. The largest absolute Gasteiger partial charge is 0.452 e. The molecular formula is C17H14ClN3O6.